The van der Waals surface area contributed by atoms with Crippen molar-refractivity contribution in [3.05, 3.63) is 33.4 Å². The standard InChI is InChI=1S/C11H13ClINO/c1-8(6-12)7-14-11(15)9-4-2-3-5-10(9)13/h2-5,8H,6-7H2,1H3,(H,14,15). The molecule has 0 fully saturated rings. The highest BCUT2D eigenvalue weighted by Crippen LogP contribution is 2.11. The number of halogens is 2. The fraction of sp³-hybridized carbons (Fsp3) is 0.364. The van der Waals surface area contributed by atoms with Gasteiger partial charge in [0, 0.05) is 16.0 Å². The van der Waals surface area contributed by atoms with Gasteiger partial charge in [0.05, 0.1) is 5.56 Å². The average molecular weight is 338 g/mol. The first-order valence-electron chi connectivity index (χ1n) is 4.74. The Kier molecular flexibility index (Phi) is 5.39. The van der Waals surface area contributed by atoms with Crippen molar-refractivity contribution < 1.29 is 4.79 Å². The van der Waals surface area contributed by atoms with Gasteiger partial charge in [0.2, 0.25) is 0 Å². The maximum absolute atomic E-state index is 11.7. The molecule has 1 rings (SSSR count). The first kappa shape index (κ1) is 12.8. The van der Waals surface area contributed by atoms with Crippen LogP contribution in [0.5, 0.6) is 0 Å². The Morgan fingerprint density at radius 1 is 1.53 bits per heavy atom. The quantitative estimate of drug-likeness (QED) is 0.664. The van der Waals surface area contributed by atoms with Gasteiger partial charge in [0.1, 0.15) is 0 Å². The minimum Gasteiger partial charge on any atom is -0.352 e. The molecule has 0 aliphatic rings. The average Bonchev–Trinajstić information content (AvgIpc) is 2.26. The number of hydrogen-bond acceptors (Lipinski definition) is 1. The Labute approximate surface area is 109 Å². The Bertz CT molecular complexity index is 343. The van der Waals surface area contributed by atoms with Gasteiger partial charge in [-0.15, -0.1) is 11.6 Å². The fourth-order valence-electron chi connectivity index (χ4n) is 1.06. The molecule has 1 amide bonds. The molecular weight excluding hydrogens is 324 g/mol. The van der Waals surface area contributed by atoms with Crippen LogP contribution in [-0.4, -0.2) is 18.3 Å². The summed E-state index contributed by atoms with van der Waals surface area (Å²) in [5.74, 6) is 0.834. The molecule has 1 N–H and O–H groups in total. The van der Waals surface area contributed by atoms with Crippen LogP contribution in [0, 0.1) is 9.49 Å². The van der Waals surface area contributed by atoms with E-state index in [1.807, 2.05) is 31.2 Å². The van der Waals surface area contributed by atoms with Crippen molar-refractivity contribution in [1.29, 1.82) is 0 Å². The SMILES string of the molecule is CC(CCl)CNC(=O)c1ccccc1I. The van der Waals surface area contributed by atoms with Gasteiger partial charge in [-0.2, -0.15) is 0 Å². The number of benzene rings is 1. The third kappa shape index (κ3) is 3.99. The minimum absolute atomic E-state index is 0.0306. The van der Waals surface area contributed by atoms with E-state index in [0.717, 1.165) is 9.13 Å². The Balaban J connectivity index is 2.58. The van der Waals surface area contributed by atoms with Crippen molar-refractivity contribution in [2.24, 2.45) is 5.92 Å². The zero-order valence-electron chi connectivity index (χ0n) is 8.47. The van der Waals surface area contributed by atoms with E-state index >= 15 is 0 Å². The molecule has 1 aromatic carbocycles. The van der Waals surface area contributed by atoms with Gasteiger partial charge in [-0.1, -0.05) is 19.1 Å². The van der Waals surface area contributed by atoms with Crippen molar-refractivity contribution in [3.63, 3.8) is 0 Å². The topological polar surface area (TPSA) is 29.1 Å². The van der Waals surface area contributed by atoms with Crippen LogP contribution in [0.3, 0.4) is 0 Å². The van der Waals surface area contributed by atoms with Crippen molar-refractivity contribution >= 4 is 40.1 Å². The molecule has 0 heterocycles. The van der Waals surface area contributed by atoms with E-state index in [2.05, 4.69) is 27.9 Å². The lowest BCUT2D eigenvalue weighted by Gasteiger charge is -2.10. The molecule has 0 radical (unpaired) electrons. The van der Waals surface area contributed by atoms with Gasteiger partial charge in [-0.05, 0) is 40.6 Å². The number of hydrogen-bond donors (Lipinski definition) is 1. The van der Waals surface area contributed by atoms with Gasteiger partial charge < -0.3 is 5.32 Å². The Morgan fingerprint density at radius 3 is 2.80 bits per heavy atom. The molecule has 2 nitrogen and oxygen atoms in total. The summed E-state index contributed by atoms with van der Waals surface area (Å²) in [7, 11) is 0. The number of carbonyl (C=O) groups is 1. The highest BCUT2D eigenvalue weighted by Gasteiger charge is 2.09. The summed E-state index contributed by atoms with van der Waals surface area (Å²) in [6, 6.07) is 7.52. The normalized spacial score (nSPS) is 12.2. The molecule has 1 atom stereocenters. The summed E-state index contributed by atoms with van der Waals surface area (Å²) in [5, 5.41) is 2.86. The zero-order chi connectivity index (χ0) is 11.3. The van der Waals surface area contributed by atoms with Gasteiger partial charge in [0.15, 0.2) is 0 Å². The smallest absolute Gasteiger partial charge is 0.252 e. The molecule has 1 unspecified atom stereocenters. The number of nitrogens with one attached hydrogen (secondary N) is 1. The van der Waals surface area contributed by atoms with Crippen LogP contribution in [0.1, 0.15) is 17.3 Å². The lowest BCUT2D eigenvalue weighted by molar-refractivity contribution is 0.0948. The zero-order valence-corrected chi connectivity index (χ0v) is 11.4. The van der Waals surface area contributed by atoms with Crippen molar-refractivity contribution in [1.82, 2.24) is 5.32 Å². The van der Waals surface area contributed by atoms with Crippen LogP contribution in [0.15, 0.2) is 24.3 Å². The molecule has 0 aromatic heterocycles. The lowest BCUT2D eigenvalue weighted by atomic mass is 10.2. The molecular formula is C11H13ClINO. The fourth-order valence-corrected chi connectivity index (χ4v) is 1.80. The van der Waals surface area contributed by atoms with Crippen molar-refractivity contribution in [2.75, 3.05) is 12.4 Å². The van der Waals surface area contributed by atoms with Crippen LogP contribution >= 0.6 is 34.2 Å². The first-order chi connectivity index (χ1) is 7.15. The largest absolute Gasteiger partial charge is 0.352 e. The Morgan fingerprint density at radius 2 is 2.20 bits per heavy atom. The maximum atomic E-state index is 11.7. The molecule has 0 saturated heterocycles. The van der Waals surface area contributed by atoms with Crippen molar-refractivity contribution in [2.45, 2.75) is 6.92 Å². The minimum atomic E-state index is -0.0306. The van der Waals surface area contributed by atoms with Crippen LogP contribution in [0.2, 0.25) is 0 Å². The first-order valence-corrected chi connectivity index (χ1v) is 6.35. The van der Waals surface area contributed by atoms with Gasteiger partial charge >= 0.3 is 0 Å². The molecule has 15 heavy (non-hydrogen) atoms. The van der Waals surface area contributed by atoms with Gasteiger partial charge in [-0.25, -0.2) is 0 Å². The summed E-state index contributed by atoms with van der Waals surface area (Å²) < 4.78 is 0.964. The number of rotatable bonds is 4. The monoisotopic (exact) mass is 337 g/mol. The second-order valence-corrected chi connectivity index (χ2v) is 4.92. The van der Waals surface area contributed by atoms with Crippen LogP contribution < -0.4 is 5.32 Å². The predicted octanol–water partition coefficient (Wildman–Crippen LogP) is 2.90. The summed E-state index contributed by atoms with van der Waals surface area (Å²) >= 11 is 7.81. The number of alkyl halides is 1. The summed E-state index contributed by atoms with van der Waals surface area (Å²) in [6.07, 6.45) is 0. The van der Waals surface area contributed by atoms with Crippen LogP contribution in [0.25, 0.3) is 0 Å². The molecule has 0 aliphatic heterocycles. The third-order valence-electron chi connectivity index (χ3n) is 1.99. The molecule has 0 bridgehead atoms. The summed E-state index contributed by atoms with van der Waals surface area (Å²) in [5.41, 5.74) is 0.722. The van der Waals surface area contributed by atoms with Crippen molar-refractivity contribution in [3.8, 4) is 0 Å². The van der Waals surface area contributed by atoms with E-state index in [4.69, 9.17) is 11.6 Å². The second kappa shape index (κ2) is 6.33. The Hall–Kier alpha value is -0.290. The third-order valence-corrected chi connectivity index (χ3v) is 3.46. The molecule has 0 saturated carbocycles. The number of amides is 1. The van der Waals surface area contributed by atoms with Gasteiger partial charge in [0.25, 0.3) is 5.91 Å². The van der Waals surface area contributed by atoms with E-state index in [1.165, 1.54) is 0 Å². The highest BCUT2D eigenvalue weighted by molar-refractivity contribution is 14.1. The molecule has 0 aliphatic carbocycles. The molecule has 1 aromatic rings. The summed E-state index contributed by atoms with van der Waals surface area (Å²) in [6.45, 7) is 2.62. The number of carbonyl (C=O) groups excluding carboxylic acids is 1. The van der Waals surface area contributed by atoms with E-state index < -0.39 is 0 Å². The molecule has 82 valence electrons. The van der Waals surface area contributed by atoms with E-state index in [9.17, 15) is 4.79 Å². The van der Waals surface area contributed by atoms with Gasteiger partial charge in [-0.3, -0.25) is 4.79 Å². The van der Waals surface area contributed by atoms with E-state index in [-0.39, 0.29) is 5.91 Å². The molecule has 4 heteroatoms. The summed E-state index contributed by atoms with van der Waals surface area (Å²) in [4.78, 5) is 11.7. The second-order valence-electron chi connectivity index (χ2n) is 3.45. The molecule has 0 spiro atoms. The van der Waals surface area contributed by atoms with E-state index in [1.54, 1.807) is 0 Å². The maximum Gasteiger partial charge on any atom is 0.252 e. The lowest BCUT2D eigenvalue weighted by Crippen LogP contribution is -2.29. The highest BCUT2D eigenvalue weighted by atomic mass is 127. The van der Waals surface area contributed by atoms with Crippen LogP contribution in [0.4, 0.5) is 0 Å². The predicted molar refractivity (Wildman–Crippen MR) is 71.4 cm³/mol. The van der Waals surface area contributed by atoms with E-state index in [0.29, 0.717) is 18.3 Å². The van der Waals surface area contributed by atoms with Crippen LogP contribution in [-0.2, 0) is 0 Å².